The third-order valence-electron chi connectivity index (χ3n) is 3.55. The highest BCUT2D eigenvalue weighted by atomic mass is 79.9. The Bertz CT molecular complexity index is 1010. The number of nitrogens with zero attached hydrogens (tertiary/aromatic N) is 2. The van der Waals surface area contributed by atoms with Gasteiger partial charge in [-0.2, -0.15) is 0 Å². The highest BCUT2D eigenvalue weighted by molar-refractivity contribution is 9.18. The van der Waals surface area contributed by atoms with E-state index in [1.54, 1.807) is 31.2 Å². The number of benzene rings is 1. The molecule has 0 atom stereocenters. The minimum Gasteiger partial charge on any atom is -0.334 e. The second kappa shape index (κ2) is 9.84. The average molecular weight is 500 g/mol. The summed E-state index contributed by atoms with van der Waals surface area (Å²) in [6, 6.07) is 6.39. The van der Waals surface area contributed by atoms with Crippen LogP contribution in [-0.4, -0.2) is 33.5 Å². The first-order valence-corrected chi connectivity index (χ1v) is 9.62. The van der Waals surface area contributed by atoms with Gasteiger partial charge in [0.15, 0.2) is 0 Å². The van der Waals surface area contributed by atoms with Gasteiger partial charge in [-0.1, -0.05) is 23.2 Å². The number of aryl methyl sites for hydroxylation is 1. The van der Waals surface area contributed by atoms with Crippen molar-refractivity contribution in [2.45, 2.75) is 6.92 Å². The summed E-state index contributed by atoms with van der Waals surface area (Å²) in [6.07, 6.45) is 2.72. The first-order chi connectivity index (χ1) is 13.6. The summed E-state index contributed by atoms with van der Waals surface area (Å²) in [7, 11) is 1.38. The largest absolute Gasteiger partial charge is 0.334 e. The fourth-order valence-corrected chi connectivity index (χ4v) is 3.02. The number of nitrogens with one attached hydrogen (secondary N) is 3. The van der Waals surface area contributed by atoms with Crippen LogP contribution in [0.1, 0.15) is 15.9 Å². The molecule has 0 radical (unpaired) electrons. The SMILES string of the molecule is Cc1cc(Cl)c(NC(=O)/C(=C/C(=N)Br)Nc2ncccc2Cl)c(C(=O)N(C)N)c1. The van der Waals surface area contributed by atoms with Crippen LogP contribution in [0.5, 0.6) is 0 Å². The number of aromatic nitrogens is 1. The second-order valence-electron chi connectivity index (χ2n) is 5.90. The number of rotatable bonds is 6. The van der Waals surface area contributed by atoms with Crippen LogP contribution in [-0.2, 0) is 4.79 Å². The Kier molecular flexibility index (Phi) is 7.74. The molecule has 5 N–H and O–H groups in total. The van der Waals surface area contributed by atoms with Gasteiger partial charge in [-0.15, -0.1) is 0 Å². The van der Waals surface area contributed by atoms with Crippen molar-refractivity contribution >= 4 is 67.1 Å². The molecular formula is C18H17BrCl2N6O2. The van der Waals surface area contributed by atoms with Crippen molar-refractivity contribution in [3.05, 3.63) is 63.4 Å². The lowest BCUT2D eigenvalue weighted by Gasteiger charge is -2.18. The van der Waals surface area contributed by atoms with E-state index in [0.717, 1.165) is 10.6 Å². The van der Waals surface area contributed by atoms with E-state index < -0.39 is 11.8 Å². The van der Waals surface area contributed by atoms with Crippen molar-refractivity contribution in [2.24, 2.45) is 5.84 Å². The number of amides is 2. The maximum atomic E-state index is 12.9. The van der Waals surface area contributed by atoms with Gasteiger partial charge < -0.3 is 10.6 Å². The van der Waals surface area contributed by atoms with E-state index in [4.69, 9.17) is 34.5 Å². The third kappa shape index (κ3) is 6.01. The summed E-state index contributed by atoms with van der Waals surface area (Å²) in [6.45, 7) is 1.76. The van der Waals surface area contributed by atoms with E-state index in [9.17, 15) is 9.59 Å². The Morgan fingerprint density at radius 2 is 1.97 bits per heavy atom. The number of hydrogen-bond acceptors (Lipinski definition) is 6. The van der Waals surface area contributed by atoms with Gasteiger partial charge in [-0.25, -0.2) is 10.8 Å². The van der Waals surface area contributed by atoms with Crippen LogP contribution < -0.4 is 16.5 Å². The molecule has 2 amide bonds. The van der Waals surface area contributed by atoms with Gasteiger partial charge in [-0.05, 0) is 58.8 Å². The molecule has 0 saturated carbocycles. The van der Waals surface area contributed by atoms with E-state index in [2.05, 4.69) is 31.5 Å². The van der Waals surface area contributed by atoms with Crippen molar-refractivity contribution in [1.82, 2.24) is 9.99 Å². The van der Waals surface area contributed by atoms with Crippen molar-refractivity contribution in [2.75, 3.05) is 17.7 Å². The predicted molar refractivity (Wildman–Crippen MR) is 119 cm³/mol. The Balaban J connectivity index is 2.43. The fourth-order valence-electron chi connectivity index (χ4n) is 2.30. The molecule has 0 aliphatic heterocycles. The van der Waals surface area contributed by atoms with Crippen molar-refractivity contribution < 1.29 is 9.59 Å². The molecule has 8 nitrogen and oxygen atoms in total. The molecule has 1 aromatic heterocycles. The lowest BCUT2D eigenvalue weighted by atomic mass is 10.1. The molecule has 11 heteroatoms. The van der Waals surface area contributed by atoms with Crippen LogP contribution >= 0.6 is 39.1 Å². The number of allylic oxidation sites excluding steroid dienone is 1. The Hall–Kier alpha value is -2.46. The molecule has 0 aliphatic carbocycles. The minimum absolute atomic E-state index is 0.0522. The van der Waals surface area contributed by atoms with E-state index in [1.807, 2.05) is 0 Å². The maximum absolute atomic E-state index is 12.9. The Morgan fingerprint density at radius 1 is 1.28 bits per heavy atom. The maximum Gasteiger partial charge on any atom is 0.272 e. The zero-order valence-electron chi connectivity index (χ0n) is 15.4. The molecule has 29 heavy (non-hydrogen) atoms. The van der Waals surface area contributed by atoms with Crippen molar-refractivity contribution in [3.63, 3.8) is 0 Å². The lowest BCUT2D eigenvalue weighted by Crippen LogP contribution is -2.34. The van der Waals surface area contributed by atoms with E-state index in [1.165, 1.54) is 19.3 Å². The van der Waals surface area contributed by atoms with E-state index in [-0.39, 0.29) is 37.4 Å². The van der Waals surface area contributed by atoms with Gasteiger partial charge in [0.1, 0.15) is 11.5 Å². The van der Waals surface area contributed by atoms with Gasteiger partial charge in [0.25, 0.3) is 11.8 Å². The summed E-state index contributed by atoms with van der Waals surface area (Å²) < 4.78 is -0.0739. The predicted octanol–water partition coefficient (Wildman–Crippen LogP) is 3.95. The molecule has 0 saturated heterocycles. The summed E-state index contributed by atoms with van der Waals surface area (Å²) in [4.78, 5) is 29.4. The Labute approximate surface area is 185 Å². The molecule has 1 aromatic carbocycles. The molecule has 0 fully saturated rings. The van der Waals surface area contributed by atoms with Gasteiger partial charge in [-0.3, -0.25) is 20.0 Å². The molecule has 152 valence electrons. The molecular weight excluding hydrogens is 483 g/mol. The standard InChI is InChI=1S/C18H17BrCl2N6O2/c1-9-6-10(18(29)27(2)23)15(12(21)7-9)26-17(28)13(8-14(19)22)25-16-11(20)4-3-5-24-16/h3-8,22H,23H2,1-2H3,(H,24,25)(H,26,28)/b13-8-,22-14?. The summed E-state index contributed by atoms with van der Waals surface area (Å²) in [5.41, 5.74) is 0.876. The number of carbonyl (C=O) groups is 2. The smallest absolute Gasteiger partial charge is 0.272 e. The molecule has 2 rings (SSSR count). The van der Waals surface area contributed by atoms with Crippen LogP contribution in [0.15, 0.2) is 42.2 Å². The molecule has 0 aliphatic rings. The Morgan fingerprint density at radius 3 is 2.55 bits per heavy atom. The molecule has 2 aromatic rings. The molecule has 0 unspecified atom stereocenters. The van der Waals surface area contributed by atoms with Crippen LogP contribution in [0.2, 0.25) is 10.0 Å². The summed E-state index contributed by atoms with van der Waals surface area (Å²) >= 11 is 15.3. The topological polar surface area (TPSA) is 124 Å². The van der Waals surface area contributed by atoms with Crippen molar-refractivity contribution in [3.8, 4) is 0 Å². The minimum atomic E-state index is -0.671. The average Bonchev–Trinajstić information content (AvgIpc) is 2.63. The number of anilines is 2. The zero-order chi connectivity index (χ0) is 21.7. The summed E-state index contributed by atoms with van der Waals surface area (Å²) in [5.74, 6) is 4.57. The lowest BCUT2D eigenvalue weighted by molar-refractivity contribution is -0.112. The number of hydrogen-bond donors (Lipinski definition) is 4. The molecule has 1 heterocycles. The quantitative estimate of drug-likeness (QED) is 0.157. The van der Waals surface area contributed by atoms with E-state index >= 15 is 0 Å². The van der Waals surface area contributed by atoms with Crippen LogP contribution in [0.4, 0.5) is 11.5 Å². The van der Waals surface area contributed by atoms with E-state index in [0.29, 0.717) is 0 Å². The number of hydrazine groups is 1. The number of pyridine rings is 1. The molecule has 0 spiro atoms. The van der Waals surface area contributed by atoms with Gasteiger partial charge >= 0.3 is 0 Å². The number of carbonyl (C=O) groups excluding carboxylic acids is 2. The number of halogens is 3. The van der Waals surface area contributed by atoms with Gasteiger partial charge in [0.05, 0.1) is 25.9 Å². The molecule has 0 bridgehead atoms. The second-order valence-corrected chi connectivity index (χ2v) is 7.57. The fraction of sp³-hybridized carbons (Fsp3) is 0.111. The number of nitrogens with two attached hydrogens (primary N) is 1. The van der Waals surface area contributed by atoms with Crippen LogP contribution in [0.25, 0.3) is 0 Å². The van der Waals surface area contributed by atoms with Crippen LogP contribution in [0.3, 0.4) is 0 Å². The van der Waals surface area contributed by atoms with Gasteiger partial charge in [0, 0.05) is 13.2 Å². The highest BCUT2D eigenvalue weighted by Gasteiger charge is 2.21. The first kappa shape index (κ1) is 22.8. The first-order valence-electron chi connectivity index (χ1n) is 8.07. The van der Waals surface area contributed by atoms with Gasteiger partial charge in [0.2, 0.25) is 0 Å². The third-order valence-corrected chi connectivity index (χ3v) is 4.38. The monoisotopic (exact) mass is 498 g/mol. The van der Waals surface area contributed by atoms with Crippen LogP contribution in [0, 0.1) is 12.3 Å². The zero-order valence-corrected chi connectivity index (χ0v) is 18.5. The summed E-state index contributed by atoms with van der Waals surface area (Å²) in [5, 5.41) is 14.3. The highest BCUT2D eigenvalue weighted by Crippen LogP contribution is 2.29. The van der Waals surface area contributed by atoms with Crippen molar-refractivity contribution in [1.29, 1.82) is 5.41 Å². The normalized spacial score (nSPS) is 11.0.